The lowest BCUT2D eigenvalue weighted by molar-refractivity contribution is -0.307. The van der Waals surface area contributed by atoms with Crippen molar-refractivity contribution >= 4 is 5.91 Å². The van der Waals surface area contributed by atoms with Crippen LogP contribution in [0.25, 0.3) is 0 Å². The number of aliphatic hydroxyl groups excluding tert-OH is 5. The van der Waals surface area contributed by atoms with E-state index in [1.165, 1.54) is 6.92 Å². The van der Waals surface area contributed by atoms with Crippen molar-refractivity contribution in [2.24, 2.45) is 17.2 Å². The van der Waals surface area contributed by atoms with E-state index in [-0.39, 0.29) is 38.8 Å². The molecule has 14 atom stereocenters. The zero-order valence-electron chi connectivity index (χ0n) is 24.1. The maximum Gasteiger partial charge on any atom is 0.250 e. The summed E-state index contributed by atoms with van der Waals surface area (Å²) in [7, 11) is 1.56. The van der Waals surface area contributed by atoms with Crippen LogP contribution in [0.3, 0.4) is 0 Å². The second kappa shape index (κ2) is 15.7. The predicted octanol–water partition coefficient (Wildman–Crippen LogP) is -6.52. The molecule has 1 saturated carbocycles. The monoisotopic (exact) mass is 610 g/mol. The summed E-state index contributed by atoms with van der Waals surface area (Å²) in [6, 6.07) is -3.15. The molecular formula is C25H50N6O11. The molecule has 3 fully saturated rings. The summed E-state index contributed by atoms with van der Waals surface area (Å²) >= 11 is 0. The minimum absolute atomic E-state index is 0.0391. The lowest BCUT2D eigenvalue weighted by Crippen LogP contribution is -2.69. The Morgan fingerprint density at radius 3 is 2.43 bits per heavy atom. The number of carbonyl (C=O) groups is 1. The maximum absolute atomic E-state index is 12.5. The van der Waals surface area contributed by atoms with Crippen LogP contribution < -0.4 is 33.2 Å². The van der Waals surface area contributed by atoms with Gasteiger partial charge in [0, 0.05) is 25.7 Å². The standard InChI is InChI=1S/C25H50N6O11/c1-25(38)10-39-24(18(36)21(25)29-2)42-20-15(31-22(37)16(34)6-26)5-14(28)19(17(20)35)41-23-13(27)4-3-12(40-23)8-30-7-11(33)9-32/h11-21,23-24,29-30,32-36,38H,3-10,26-28H2,1-2H3,(H,31,37)/t11-,12+,13?,14+,15-,16+,17?,18?,19?,20?,21-,23-,24-,25?/m1/s1. The van der Waals surface area contributed by atoms with Crippen LogP contribution in [0.4, 0.5) is 0 Å². The molecule has 0 bridgehead atoms. The van der Waals surface area contributed by atoms with Crippen LogP contribution >= 0.6 is 0 Å². The molecule has 3 aliphatic rings. The Balaban J connectivity index is 1.75. The highest BCUT2D eigenvalue weighted by Gasteiger charge is 2.52. The van der Waals surface area contributed by atoms with Crippen molar-refractivity contribution in [1.82, 2.24) is 16.0 Å². The molecule has 0 aromatic carbocycles. The Bertz CT molecular complexity index is 847. The summed E-state index contributed by atoms with van der Waals surface area (Å²) in [4.78, 5) is 12.5. The van der Waals surface area contributed by atoms with Gasteiger partial charge < -0.3 is 82.7 Å². The van der Waals surface area contributed by atoms with E-state index in [0.717, 1.165) is 0 Å². The van der Waals surface area contributed by atoms with Crippen LogP contribution in [-0.4, -0.2) is 162 Å². The van der Waals surface area contributed by atoms with E-state index >= 15 is 0 Å². The van der Waals surface area contributed by atoms with E-state index in [0.29, 0.717) is 19.4 Å². The van der Waals surface area contributed by atoms with Gasteiger partial charge >= 0.3 is 0 Å². The fourth-order valence-electron chi connectivity index (χ4n) is 5.63. The molecule has 0 spiro atoms. The fourth-order valence-corrected chi connectivity index (χ4v) is 5.63. The van der Waals surface area contributed by atoms with E-state index in [9.17, 15) is 30.3 Å². The molecule has 2 heterocycles. The lowest BCUT2D eigenvalue weighted by Gasteiger charge is -2.49. The number of ether oxygens (including phenoxy) is 4. The molecule has 1 aliphatic carbocycles. The van der Waals surface area contributed by atoms with Crippen molar-refractivity contribution in [3.05, 3.63) is 0 Å². The largest absolute Gasteiger partial charge is 0.394 e. The minimum atomic E-state index is -1.51. The first-order valence-electron chi connectivity index (χ1n) is 14.4. The Hall–Kier alpha value is -1.13. The third kappa shape index (κ3) is 8.74. The lowest BCUT2D eigenvalue weighted by atomic mass is 9.83. The first-order valence-corrected chi connectivity index (χ1v) is 14.4. The van der Waals surface area contributed by atoms with Gasteiger partial charge in [-0.25, -0.2) is 0 Å². The van der Waals surface area contributed by atoms with Gasteiger partial charge in [-0.05, 0) is 33.2 Å². The summed E-state index contributed by atoms with van der Waals surface area (Å²) in [6.45, 7) is 1.12. The Morgan fingerprint density at radius 1 is 1.10 bits per heavy atom. The quantitative estimate of drug-likeness (QED) is 0.0922. The number of nitrogens with two attached hydrogens (primary N) is 3. The van der Waals surface area contributed by atoms with Crippen molar-refractivity contribution in [1.29, 1.82) is 0 Å². The van der Waals surface area contributed by atoms with Gasteiger partial charge in [0.1, 0.15) is 36.1 Å². The third-order valence-corrected chi connectivity index (χ3v) is 8.06. The number of hydrogen-bond donors (Lipinski definition) is 12. The summed E-state index contributed by atoms with van der Waals surface area (Å²) in [5.74, 6) is -0.796. The number of likely N-dealkylation sites (N-methyl/N-ethyl adjacent to an activating group) is 1. The summed E-state index contributed by atoms with van der Waals surface area (Å²) in [5.41, 5.74) is 16.7. The fraction of sp³-hybridized carbons (Fsp3) is 0.960. The molecule has 15 N–H and O–H groups in total. The third-order valence-electron chi connectivity index (χ3n) is 8.06. The normalized spacial score (nSPS) is 42.6. The van der Waals surface area contributed by atoms with Crippen LogP contribution in [-0.2, 0) is 23.7 Å². The van der Waals surface area contributed by atoms with Crippen molar-refractivity contribution < 1.29 is 54.4 Å². The Labute approximate surface area is 245 Å². The van der Waals surface area contributed by atoms with Crippen molar-refractivity contribution in [2.75, 3.05) is 39.9 Å². The van der Waals surface area contributed by atoms with Gasteiger partial charge in [0.2, 0.25) is 5.91 Å². The summed E-state index contributed by atoms with van der Waals surface area (Å²) < 4.78 is 23.8. The number of carbonyl (C=O) groups excluding carboxylic acids is 1. The topological polar surface area (TPSA) is 290 Å². The van der Waals surface area contributed by atoms with Crippen LogP contribution in [0.2, 0.25) is 0 Å². The van der Waals surface area contributed by atoms with Crippen molar-refractivity contribution in [3.63, 3.8) is 0 Å². The first-order chi connectivity index (χ1) is 19.8. The van der Waals surface area contributed by atoms with E-state index in [1.807, 2.05) is 0 Å². The summed E-state index contributed by atoms with van der Waals surface area (Å²) in [6.07, 6.45) is -8.97. The molecule has 3 rings (SSSR count). The molecule has 1 amide bonds. The van der Waals surface area contributed by atoms with E-state index in [2.05, 4.69) is 16.0 Å². The highest BCUT2D eigenvalue weighted by atomic mass is 16.7. The van der Waals surface area contributed by atoms with Gasteiger partial charge in [0.05, 0.1) is 43.5 Å². The molecule has 0 aromatic rings. The average Bonchev–Trinajstić information content (AvgIpc) is 2.94. The molecule has 42 heavy (non-hydrogen) atoms. The molecule has 2 saturated heterocycles. The van der Waals surface area contributed by atoms with Crippen LogP contribution in [0.15, 0.2) is 0 Å². The van der Waals surface area contributed by atoms with Crippen LogP contribution in [0, 0.1) is 0 Å². The van der Waals surface area contributed by atoms with Gasteiger partial charge in [-0.1, -0.05) is 0 Å². The van der Waals surface area contributed by atoms with Gasteiger partial charge in [-0.15, -0.1) is 0 Å². The molecule has 6 unspecified atom stereocenters. The Morgan fingerprint density at radius 2 is 1.79 bits per heavy atom. The molecular weight excluding hydrogens is 560 g/mol. The van der Waals surface area contributed by atoms with Crippen LogP contribution in [0.5, 0.6) is 0 Å². The maximum atomic E-state index is 12.5. The van der Waals surface area contributed by atoms with Gasteiger partial charge in [0.15, 0.2) is 12.6 Å². The zero-order valence-corrected chi connectivity index (χ0v) is 24.1. The zero-order chi connectivity index (χ0) is 31.2. The van der Waals surface area contributed by atoms with Crippen molar-refractivity contribution in [3.8, 4) is 0 Å². The van der Waals surface area contributed by atoms with Gasteiger partial charge in [0.25, 0.3) is 0 Å². The highest BCUT2D eigenvalue weighted by molar-refractivity contribution is 5.81. The van der Waals surface area contributed by atoms with E-state index in [1.54, 1.807) is 7.05 Å². The second-order valence-corrected chi connectivity index (χ2v) is 11.6. The SMILES string of the molecule is CN[C@@H]1C(O)[C@@H](OC2C(O)C(O[C@H]3O[C@H](CNC[C@@H](O)CO)CCC3N)[C@@H](N)C[C@H]2NC(=O)[C@@H](O)CN)OCC1(C)O. The second-order valence-electron chi connectivity index (χ2n) is 11.6. The number of amides is 1. The van der Waals surface area contributed by atoms with Gasteiger partial charge in [-0.3, -0.25) is 4.79 Å². The number of rotatable bonds is 13. The minimum Gasteiger partial charge on any atom is -0.394 e. The molecule has 0 aromatic heterocycles. The number of hydrogen-bond acceptors (Lipinski definition) is 16. The first kappa shape index (κ1) is 35.4. The van der Waals surface area contributed by atoms with E-state index in [4.69, 9.17) is 41.3 Å². The predicted molar refractivity (Wildman–Crippen MR) is 146 cm³/mol. The molecule has 246 valence electrons. The number of nitrogens with one attached hydrogen (secondary N) is 3. The smallest absolute Gasteiger partial charge is 0.250 e. The molecule has 0 radical (unpaired) electrons. The molecule has 17 heteroatoms. The van der Waals surface area contributed by atoms with Crippen LogP contribution in [0.1, 0.15) is 26.2 Å². The Kier molecular flexibility index (Phi) is 13.2. The molecule has 2 aliphatic heterocycles. The average molecular weight is 611 g/mol. The number of aliphatic hydroxyl groups is 6. The van der Waals surface area contributed by atoms with E-state index < -0.39 is 84.9 Å². The highest BCUT2D eigenvalue weighted by Crippen LogP contribution is 2.32. The summed E-state index contributed by atoms with van der Waals surface area (Å²) in [5, 5.41) is 70.0. The molecule has 17 nitrogen and oxygen atoms in total. The van der Waals surface area contributed by atoms with Gasteiger partial charge in [-0.2, -0.15) is 0 Å². The van der Waals surface area contributed by atoms with Crippen molar-refractivity contribution in [2.45, 2.75) is 111 Å².